The van der Waals surface area contributed by atoms with Crippen LogP contribution in [0.2, 0.25) is 0 Å². The third-order valence-corrected chi connectivity index (χ3v) is 1.08. The van der Waals surface area contributed by atoms with Gasteiger partial charge in [0.1, 0.15) is 5.55 Å². The topological polar surface area (TPSA) is 12.4 Å². The molecule has 0 aliphatic carbocycles. The van der Waals surface area contributed by atoms with Gasteiger partial charge in [0, 0.05) is 33.4 Å². The summed E-state index contributed by atoms with van der Waals surface area (Å²) in [5, 5.41) is 0. The van der Waals surface area contributed by atoms with Crippen LogP contribution in [0.15, 0.2) is 4.99 Å². The van der Waals surface area contributed by atoms with E-state index in [1.165, 1.54) is 0 Å². The predicted molar refractivity (Wildman–Crippen MR) is 24.8 cm³/mol. The van der Waals surface area contributed by atoms with Crippen LogP contribution in [-0.4, -0.2) is 17.8 Å². The van der Waals surface area contributed by atoms with E-state index in [4.69, 9.17) is 0 Å². The number of hydrogen-bond donors (Lipinski definition) is 0. The molecule has 1 radical (unpaired) electrons. The Kier molecular flexibility index (Phi) is 4.34. The van der Waals surface area contributed by atoms with Gasteiger partial charge in [-0.1, -0.05) is 0 Å². The molecule has 0 saturated carbocycles. The molecule has 33 valence electrons. The molecule has 1 heterocycles. The van der Waals surface area contributed by atoms with Crippen LogP contribution in [0.1, 0.15) is 0 Å². The van der Waals surface area contributed by atoms with E-state index in [9.17, 15) is 0 Å². The second-order valence-corrected chi connectivity index (χ2v) is 1.70. The molecule has 1 nitrogen and oxygen atoms in total. The van der Waals surface area contributed by atoms with Gasteiger partial charge in [-0.05, 0) is 0 Å². The first-order valence-electron chi connectivity index (χ1n) is 1.53. The molecule has 3 heteroatoms. The van der Waals surface area contributed by atoms with Crippen molar-refractivity contribution in [1.29, 1.82) is 0 Å². The Morgan fingerprint density at radius 2 is 2.50 bits per heavy atom. The van der Waals surface area contributed by atoms with Gasteiger partial charge in [-0.15, -0.1) is 11.8 Å². The van der Waals surface area contributed by atoms with Gasteiger partial charge in [-0.2, -0.15) is 0 Å². The minimum atomic E-state index is 0. The van der Waals surface area contributed by atoms with Crippen LogP contribution in [-0.2, 0) is 21.1 Å². The number of nitrogens with zero attached hydrogens (tertiary/aromatic N) is 1. The molecule has 0 N–H and O–H groups in total. The van der Waals surface area contributed by atoms with Gasteiger partial charge in [0.25, 0.3) is 0 Å². The molecule has 1 aliphatic heterocycles. The second kappa shape index (κ2) is 3.88. The van der Waals surface area contributed by atoms with E-state index in [2.05, 4.69) is 10.5 Å². The molecule has 0 aromatic rings. The molecule has 1 rings (SSSR count). The molecule has 6 heavy (non-hydrogen) atoms. The van der Waals surface area contributed by atoms with Crippen molar-refractivity contribution in [3.63, 3.8) is 0 Å². The zero-order valence-electron chi connectivity index (χ0n) is 3.18. The number of hydrogen-bond acceptors (Lipinski definition) is 2. The molecular weight excluding hydrogens is 266 g/mol. The average molecular weight is 270 g/mol. The Labute approximate surface area is 55.9 Å². The first-order valence-corrected chi connectivity index (χ1v) is 2.52. The summed E-state index contributed by atoms with van der Waals surface area (Å²) in [5.74, 6) is 1.14. The van der Waals surface area contributed by atoms with E-state index in [-0.39, 0.29) is 21.1 Å². The van der Waals surface area contributed by atoms with Crippen molar-refractivity contribution in [3.05, 3.63) is 0 Å². The van der Waals surface area contributed by atoms with Crippen molar-refractivity contribution in [2.45, 2.75) is 0 Å². The molecule has 0 aromatic carbocycles. The van der Waals surface area contributed by atoms with Crippen molar-refractivity contribution in [1.82, 2.24) is 0 Å². The zero-order valence-corrected chi connectivity index (χ0v) is 6.93. The van der Waals surface area contributed by atoms with Gasteiger partial charge >= 0.3 is 0 Å². The van der Waals surface area contributed by atoms with Gasteiger partial charge in [-0.25, -0.2) is 0 Å². The standard InChI is InChI=1S/C3H4NS.W/c1-2-5-3-4-1;/h1-2H2;. The zero-order chi connectivity index (χ0) is 3.54. The van der Waals surface area contributed by atoms with E-state index in [0.717, 1.165) is 12.3 Å². The van der Waals surface area contributed by atoms with E-state index in [1.807, 2.05) is 0 Å². The predicted octanol–water partition coefficient (Wildman–Crippen LogP) is 0.636. The Bertz CT molecular complexity index is 48.8. The fourth-order valence-electron chi connectivity index (χ4n) is 0.228. The third-order valence-electron chi connectivity index (χ3n) is 0.434. The van der Waals surface area contributed by atoms with Crippen LogP contribution in [0.3, 0.4) is 0 Å². The summed E-state index contributed by atoms with van der Waals surface area (Å²) < 4.78 is 0. The Balaban J connectivity index is 0.000000250. The molecule has 0 amide bonds. The Hall–Kier alpha value is 0.708. The maximum absolute atomic E-state index is 3.80. The molecule has 0 atom stereocenters. The van der Waals surface area contributed by atoms with Crippen molar-refractivity contribution in [2.75, 3.05) is 12.3 Å². The van der Waals surface area contributed by atoms with Crippen LogP contribution >= 0.6 is 11.8 Å². The largest absolute Gasteiger partial charge is 0.275 e. The van der Waals surface area contributed by atoms with Crippen LogP contribution in [0, 0.1) is 0 Å². The molecule has 0 spiro atoms. The average Bonchev–Trinajstić information content (AvgIpc) is 1.76. The van der Waals surface area contributed by atoms with Gasteiger partial charge in [-0.3, -0.25) is 4.99 Å². The molecule has 0 bridgehead atoms. The maximum atomic E-state index is 3.80. The second-order valence-electron chi connectivity index (χ2n) is 0.821. The molecule has 0 fully saturated rings. The molecule has 0 aromatic heterocycles. The molecule has 1 aliphatic rings. The van der Waals surface area contributed by atoms with Crippen molar-refractivity contribution in [2.24, 2.45) is 4.99 Å². The van der Waals surface area contributed by atoms with Gasteiger partial charge in [0.15, 0.2) is 0 Å². The summed E-state index contributed by atoms with van der Waals surface area (Å²) in [6, 6.07) is 0. The normalized spacial score (nSPS) is 17.3. The molecular formula is C3H4NSW. The van der Waals surface area contributed by atoms with Gasteiger partial charge in [0.2, 0.25) is 0 Å². The number of aliphatic imine (C=N–C) groups is 1. The smallest absolute Gasteiger partial charge is 0.122 e. The van der Waals surface area contributed by atoms with E-state index in [1.54, 1.807) is 11.8 Å². The minimum Gasteiger partial charge on any atom is -0.275 e. The maximum Gasteiger partial charge on any atom is 0.122 e. The van der Waals surface area contributed by atoms with Gasteiger partial charge in [0.05, 0.1) is 0 Å². The Morgan fingerprint density at radius 1 is 1.67 bits per heavy atom. The summed E-state index contributed by atoms with van der Waals surface area (Å²) in [6.07, 6.45) is 0. The van der Waals surface area contributed by atoms with Crippen LogP contribution in [0.25, 0.3) is 0 Å². The van der Waals surface area contributed by atoms with E-state index < -0.39 is 0 Å². The van der Waals surface area contributed by atoms with Crippen LogP contribution in [0.4, 0.5) is 0 Å². The van der Waals surface area contributed by atoms with Crippen LogP contribution < -0.4 is 0 Å². The van der Waals surface area contributed by atoms with E-state index >= 15 is 0 Å². The third kappa shape index (κ3) is 1.99. The van der Waals surface area contributed by atoms with Crippen molar-refractivity contribution >= 4 is 17.3 Å². The van der Waals surface area contributed by atoms with Gasteiger partial charge < -0.3 is 0 Å². The number of rotatable bonds is 0. The van der Waals surface area contributed by atoms with Crippen molar-refractivity contribution in [3.8, 4) is 0 Å². The molecule has 0 saturated heterocycles. The quantitative estimate of drug-likeness (QED) is 0.629. The first kappa shape index (κ1) is 6.71. The van der Waals surface area contributed by atoms with Crippen molar-refractivity contribution < 1.29 is 21.1 Å². The first-order chi connectivity index (χ1) is 2.50. The summed E-state index contributed by atoms with van der Waals surface area (Å²) in [5.41, 5.74) is 2.76. The SMILES string of the molecule is [C]1=NCCS1.[W]. The fourth-order valence-corrected chi connectivity index (χ4v) is 0.685. The summed E-state index contributed by atoms with van der Waals surface area (Å²) in [6.45, 7) is 0.977. The fraction of sp³-hybridized carbons (Fsp3) is 0.667. The summed E-state index contributed by atoms with van der Waals surface area (Å²) in [7, 11) is 0. The minimum absolute atomic E-state index is 0. The summed E-state index contributed by atoms with van der Waals surface area (Å²) >= 11 is 1.66. The summed E-state index contributed by atoms with van der Waals surface area (Å²) in [4.78, 5) is 3.80. The van der Waals surface area contributed by atoms with Crippen LogP contribution in [0.5, 0.6) is 0 Å². The molecule has 0 unspecified atom stereocenters. The monoisotopic (exact) mass is 270 g/mol. The number of thioether (sulfide) groups is 1. The van der Waals surface area contributed by atoms with E-state index in [0.29, 0.717) is 0 Å². The Morgan fingerprint density at radius 3 is 2.67 bits per heavy atom.